The number of hydrogen-bond acceptors (Lipinski definition) is 5. The van der Waals surface area contributed by atoms with Gasteiger partial charge in [0.05, 0.1) is 17.4 Å². The molecule has 0 atom stereocenters. The third-order valence-corrected chi connectivity index (χ3v) is 5.91. The molecule has 1 aromatic carbocycles. The van der Waals surface area contributed by atoms with Gasteiger partial charge in [0, 0.05) is 64.2 Å². The molecular weight excluding hydrogens is 369 g/mol. The number of pyridine rings is 1. The summed E-state index contributed by atoms with van der Waals surface area (Å²) in [4.78, 5) is 26.2. The van der Waals surface area contributed by atoms with Crippen molar-refractivity contribution in [3.8, 4) is 0 Å². The molecule has 1 amide bonds. The van der Waals surface area contributed by atoms with Gasteiger partial charge in [-0.1, -0.05) is 6.92 Å². The standard InChI is InChI=1S/C22H28FN5O/c1-2-25-7-9-27(10-8-25)21-15-18(16-24-17-21)22(29)28-13-11-26(12-14-28)20-5-3-19(23)4-6-20/h3-6,15-17H,2,7-14H2,1H3. The van der Waals surface area contributed by atoms with E-state index in [9.17, 15) is 9.18 Å². The monoisotopic (exact) mass is 397 g/mol. The average Bonchev–Trinajstić information content (AvgIpc) is 2.79. The van der Waals surface area contributed by atoms with Gasteiger partial charge in [0.1, 0.15) is 5.82 Å². The maximum Gasteiger partial charge on any atom is 0.255 e. The maximum atomic E-state index is 13.1. The molecule has 2 fully saturated rings. The normalized spacial score (nSPS) is 18.2. The summed E-state index contributed by atoms with van der Waals surface area (Å²) in [5, 5.41) is 0. The van der Waals surface area contributed by atoms with Crippen LogP contribution in [0.25, 0.3) is 0 Å². The van der Waals surface area contributed by atoms with E-state index in [2.05, 4.69) is 26.6 Å². The molecule has 2 aliphatic rings. The molecule has 6 nitrogen and oxygen atoms in total. The minimum atomic E-state index is -0.231. The van der Waals surface area contributed by atoms with E-state index in [1.54, 1.807) is 18.3 Å². The zero-order chi connectivity index (χ0) is 20.2. The van der Waals surface area contributed by atoms with Gasteiger partial charge in [0.25, 0.3) is 5.91 Å². The molecule has 29 heavy (non-hydrogen) atoms. The number of likely N-dealkylation sites (N-methyl/N-ethyl adjacent to an activating group) is 1. The summed E-state index contributed by atoms with van der Waals surface area (Å²) in [6.45, 7) is 10.0. The van der Waals surface area contributed by atoms with Gasteiger partial charge in [-0.25, -0.2) is 4.39 Å². The predicted molar refractivity (Wildman–Crippen MR) is 113 cm³/mol. The SMILES string of the molecule is CCN1CCN(c2cncc(C(=O)N3CCN(c4ccc(F)cc4)CC3)c2)CC1. The van der Waals surface area contributed by atoms with Crippen molar-refractivity contribution in [2.45, 2.75) is 6.92 Å². The van der Waals surface area contributed by atoms with E-state index in [1.807, 2.05) is 17.2 Å². The molecular formula is C22H28FN5O. The molecule has 4 rings (SSSR count). The Bertz CT molecular complexity index is 827. The summed E-state index contributed by atoms with van der Waals surface area (Å²) in [5.41, 5.74) is 2.67. The van der Waals surface area contributed by atoms with Gasteiger partial charge in [-0.3, -0.25) is 9.78 Å². The first-order chi connectivity index (χ1) is 14.1. The molecule has 3 heterocycles. The zero-order valence-corrected chi connectivity index (χ0v) is 16.9. The van der Waals surface area contributed by atoms with Crippen LogP contribution in [0, 0.1) is 5.82 Å². The fourth-order valence-corrected chi connectivity index (χ4v) is 4.04. The molecule has 0 N–H and O–H groups in total. The van der Waals surface area contributed by atoms with Crippen LogP contribution in [0.2, 0.25) is 0 Å². The summed E-state index contributed by atoms with van der Waals surface area (Å²) < 4.78 is 13.1. The average molecular weight is 397 g/mol. The number of piperazine rings is 2. The van der Waals surface area contributed by atoms with Gasteiger partial charge >= 0.3 is 0 Å². The van der Waals surface area contributed by atoms with Gasteiger partial charge in [-0.15, -0.1) is 0 Å². The summed E-state index contributed by atoms with van der Waals surface area (Å²) in [6.07, 6.45) is 3.52. The zero-order valence-electron chi connectivity index (χ0n) is 16.9. The third-order valence-electron chi connectivity index (χ3n) is 5.91. The lowest BCUT2D eigenvalue weighted by molar-refractivity contribution is 0.0746. The number of anilines is 2. The van der Waals surface area contributed by atoms with Crippen molar-refractivity contribution in [1.29, 1.82) is 0 Å². The number of carbonyl (C=O) groups is 1. The van der Waals surface area contributed by atoms with Crippen LogP contribution in [-0.2, 0) is 0 Å². The number of halogens is 1. The van der Waals surface area contributed by atoms with Crippen LogP contribution in [-0.4, -0.2) is 79.6 Å². The fraction of sp³-hybridized carbons (Fsp3) is 0.455. The van der Waals surface area contributed by atoms with Gasteiger partial charge in [-0.05, 0) is 36.9 Å². The van der Waals surface area contributed by atoms with Crippen molar-refractivity contribution >= 4 is 17.3 Å². The molecule has 0 aliphatic carbocycles. The van der Waals surface area contributed by atoms with Crippen LogP contribution in [0.5, 0.6) is 0 Å². The van der Waals surface area contributed by atoms with Crippen molar-refractivity contribution in [2.75, 3.05) is 68.7 Å². The van der Waals surface area contributed by atoms with E-state index in [-0.39, 0.29) is 11.7 Å². The molecule has 0 bridgehead atoms. The Kier molecular flexibility index (Phi) is 5.94. The Hall–Kier alpha value is -2.67. The van der Waals surface area contributed by atoms with Gasteiger partial charge in [-0.2, -0.15) is 0 Å². The first-order valence-electron chi connectivity index (χ1n) is 10.4. The second-order valence-electron chi connectivity index (χ2n) is 7.61. The Morgan fingerprint density at radius 2 is 1.52 bits per heavy atom. The second-order valence-corrected chi connectivity index (χ2v) is 7.61. The molecule has 0 spiro atoms. The quantitative estimate of drug-likeness (QED) is 0.792. The third kappa shape index (κ3) is 4.50. The number of amides is 1. The smallest absolute Gasteiger partial charge is 0.255 e. The summed E-state index contributed by atoms with van der Waals surface area (Å²) in [6, 6.07) is 8.51. The molecule has 7 heteroatoms. The Morgan fingerprint density at radius 1 is 0.897 bits per heavy atom. The lowest BCUT2D eigenvalue weighted by atomic mass is 10.2. The number of nitrogens with zero attached hydrogens (tertiary/aromatic N) is 5. The highest BCUT2D eigenvalue weighted by Gasteiger charge is 2.24. The van der Waals surface area contributed by atoms with Crippen LogP contribution >= 0.6 is 0 Å². The molecule has 2 saturated heterocycles. The Morgan fingerprint density at radius 3 is 2.17 bits per heavy atom. The van der Waals surface area contributed by atoms with Gasteiger partial charge in [0.15, 0.2) is 0 Å². The van der Waals surface area contributed by atoms with E-state index in [0.29, 0.717) is 18.7 Å². The number of rotatable bonds is 4. The lowest BCUT2D eigenvalue weighted by Gasteiger charge is -2.37. The molecule has 154 valence electrons. The fourth-order valence-electron chi connectivity index (χ4n) is 4.04. The number of hydrogen-bond donors (Lipinski definition) is 0. The van der Waals surface area contributed by atoms with Crippen LogP contribution in [0.3, 0.4) is 0 Å². The van der Waals surface area contributed by atoms with Crippen molar-refractivity contribution in [2.24, 2.45) is 0 Å². The van der Waals surface area contributed by atoms with Gasteiger partial charge < -0.3 is 19.6 Å². The number of benzene rings is 1. The van der Waals surface area contributed by atoms with E-state index in [0.717, 1.165) is 57.2 Å². The maximum absolute atomic E-state index is 13.1. The minimum absolute atomic E-state index is 0.0327. The number of aromatic nitrogens is 1. The van der Waals surface area contributed by atoms with E-state index >= 15 is 0 Å². The largest absolute Gasteiger partial charge is 0.368 e. The number of carbonyl (C=O) groups excluding carboxylic acids is 1. The van der Waals surface area contributed by atoms with E-state index < -0.39 is 0 Å². The van der Waals surface area contributed by atoms with Crippen molar-refractivity contribution < 1.29 is 9.18 Å². The molecule has 0 unspecified atom stereocenters. The molecule has 2 aromatic rings. The topological polar surface area (TPSA) is 42.9 Å². The first kappa shape index (κ1) is 19.6. The van der Waals surface area contributed by atoms with E-state index in [1.165, 1.54) is 12.1 Å². The van der Waals surface area contributed by atoms with Crippen LogP contribution in [0.1, 0.15) is 17.3 Å². The molecule has 1 aromatic heterocycles. The second kappa shape index (κ2) is 8.78. The molecule has 0 saturated carbocycles. The summed E-state index contributed by atoms with van der Waals surface area (Å²) in [7, 11) is 0. The van der Waals surface area contributed by atoms with Gasteiger partial charge in [0.2, 0.25) is 0 Å². The summed E-state index contributed by atoms with van der Waals surface area (Å²) in [5.74, 6) is -0.198. The van der Waals surface area contributed by atoms with Crippen molar-refractivity contribution in [3.63, 3.8) is 0 Å². The molecule has 0 radical (unpaired) electrons. The molecule has 2 aliphatic heterocycles. The first-order valence-corrected chi connectivity index (χ1v) is 10.4. The highest BCUT2D eigenvalue weighted by Crippen LogP contribution is 2.20. The highest BCUT2D eigenvalue weighted by molar-refractivity contribution is 5.95. The minimum Gasteiger partial charge on any atom is -0.368 e. The lowest BCUT2D eigenvalue weighted by Crippen LogP contribution is -2.49. The Balaban J connectivity index is 1.37. The van der Waals surface area contributed by atoms with Crippen LogP contribution < -0.4 is 9.80 Å². The van der Waals surface area contributed by atoms with Crippen LogP contribution in [0.15, 0.2) is 42.7 Å². The highest BCUT2D eigenvalue weighted by atomic mass is 19.1. The van der Waals surface area contributed by atoms with Crippen LogP contribution in [0.4, 0.5) is 15.8 Å². The summed E-state index contributed by atoms with van der Waals surface area (Å²) >= 11 is 0. The van der Waals surface area contributed by atoms with Crippen molar-refractivity contribution in [1.82, 2.24) is 14.8 Å². The van der Waals surface area contributed by atoms with Crippen molar-refractivity contribution in [3.05, 3.63) is 54.1 Å². The Labute approximate surface area is 171 Å². The van der Waals surface area contributed by atoms with E-state index in [4.69, 9.17) is 0 Å². The predicted octanol–water partition coefficient (Wildman–Crippen LogP) is 2.33.